The zero-order valence-corrected chi connectivity index (χ0v) is 8.51. The van der Waals surface area contributed by atoms with E-state index in [0.717, 1.165) is 6.07 Å². The van der Waals surface area contributed by atoms with Gasteiger partial charge in [-0.2, -0.15) is 5.26 Å². The first-order valence-electron chi connectivity index (χ1n) is 4.46. The Morgan fingerprint density at radius 1 is 1.44 bits per heavy atom. The van der Waals surface area contributed by atoms with Crippen LogP contribution in [0, 0.1) is 18.3 Å². The third-order valence-corrected chi connectivity index (χ3v) is 1.91. The van der Waals surface area contributed by atoms with Crippen LogP contribution in [0.2, 0.25) is 0 Å². The van der Waals surface area contributed by atoms with Crippen LogP contribution in [0.3, 0.4) is 0 Å². The number of nitrogens with zero attached hydrogens (tertiary/aromatic N) is 1. The van der Waals surface area contributed by atoms with E-state index in [-0.39, 0.29) is 11.7 Å². The highest BCUT2D eigenvalue weighted by molar-refractivity contribution is 5.44. The standard InChI is InChI=1S/C11H9F3NO/c1-7(2)10-5-9(16-11(12,13)14)4-3-8(10)6-15/h3-5,7H,1H2,2H3. The van der Waals surface area contributed by atoms with E-state index in [1.807, 2.05) is 6.07 Å². The van der Waals surface area contributed by atoms with Gasteiger partial charge in [0.05, 0.1) is 11.6 Å². The largest absolute Gasteiger partial charge is 0.573 e. The molecule has 0 aliphatic carbocycles. The van der Waals surface area contributed by atoms with Gasteiger partial charge in [0, 0.05) is 0 Å². The van der Waals surface area contributed by atoms with Gasteiger partial charge in [-0.1, -0.05) is 6.92 Å². The molecule has 1 aromatic rings. The molecule has 0 heterocycles. The number of alkyl halides is 3. The Bertz CT molecular complexity index is 418. The first-order valence-corrected chi connectivity index (χ1v) is 4.46. The minimum Gasteiger partial charge on any atom is -0.406 e. The summed E-state index contributed by atoms with van der Waals surface area (Å²) in [6.45, 7) is 5.36. The molecule has 2 nitrogen and oxygen atoms in total. The average Bonchev–Trinajstić information content (AvgIpc) is 2.15. The molecule has 1 atom stereocenters. The molecule has 1 aromatic carbocycles. The lowest BCUT2D eigenvalue weighted by atomic mass is 9.98. The molecule has 1 unspecified atom stereocenters. The zero-order valence-electron chi connectivity index (χ0n) is 8.51. The Hall–Kier alpha value is -1.70. The van der Waals surface area contributed by atoms with Crippen LogP contribution in [0.1, 0.15) is 24.0 Å². The van der Waals surface area contributed by atoms with Crippen molar-refractivity contribution in [1.82, 2.24) is 0 Å². The van der Waals surface area contributed by atoms with Gasteiger partial charge in [0.15, 0.2) is 0 Å². The second kappa shape index (κ2) is 4.44. The Labute approximate surface area is 91.3 Å². The summed E-state index contributed by atoms with van der Waals surface area (Å²) in [6.07, 6.45) is -4.73. The summed E-state index contributed by atoms with van der Waals surface area (Å²) in [4.78, 5) is 0. The average molecular weight is 228 g/mol. The SMILES string of the molecule is [CH2]C(C)c1cc(OC(F)(F)F)ccc1C#N. The van der Waals surface area contributed by atoms with E-state index in [9.17, 15) is 13.2 Å². The van der Waals surface area contributed by atoms with Gasteiger partial charge in [-0.25, -0.2) is 0 Å². The fraction of sp³-hybridized carbons (Fsp3) is 0.273. The van der Waals surface area contributed by atoms with Crippen LogP contribution in [0.4, 0.5) is 13.2 Å². The molecule has 0 saturated carbocycles. The lowest BCUT2D eigenvalue weighted by molar-refractivity contribution is -0.274. The second-order valence-electron chi connectivity index (χ2n) is 3.31. The normalized spacial score (nSPS) is 11.3. The first kappa shape index (κ1) is 12.4. The summed E-state index contributed by atoms with van der Waals surface area (Å²) in [5, 5.41) is 8.75. The van der Waals surface area contributed by atoms with Crippen molar-refractivity contribution in [2.24, 2.45) is 0 Å². The topological polar surface area (TPSA) is 33.0 Å². The quantitative estimate of drug-likeness (QED) is 0.777. The fourth-order valence-electron chi connectivity index (χ4n) is 1.25. The highest BCUT2D eigenvalue weighted by Gasteiger charge is 2.31. The van der Waals surface area contributed by atoms with Gasteiger partial charge in [-0.15, -0.1) is 13.2 Å². The third-order valence-electron chi connectivity index (χ3n) is 1.91. The molecule has 0 N–H and O–H groups in total. The summed E-state index contributed by atoms with van der Waals surface area (Å²) in [5.41, 5.74) is 0.737. The highest BCUT2D eigenvalue weighted by Crippen LogP contribution is 2.28. The summed E-state index contributed by atoms with van der Waals surface area (Å²) in [5.74, 6) is -0.622. The van der Waals surface area contributed by atoms with E-state index < -0.39 is 6.36 Å². The molecule has 0 saturated heterocycles. The van der Waals surface area contributed by atoms with Crippen molar-refractivity contribution in [3.05, 3.63) is 36.2 Å². The van der Waals surface area contributed by atoms with E-state index in [1.54, 1.807) is 6.92 Å². The van der Waals surface area contributed by atoms with Gasteiger partial charge < -0.3 is 4.74 Å². The molecular weight excluding hydrogens is 219 g/mol. The molecule has 0 bridgehead atoms. The molecule has 0 fully saturated rings. The Morgan fingerprint density at radius 3 is 2.50 bits per heavy atom. The van der Waals surface area contributed by atoms with Crippen LogP contribution < -0.4 is 4.74 Å². The molecule has 1 rings (SSSR count). The van der Waals surface area contributed by atoms with E-state index in [2.05, 4.69) is 11.7 Å². The Balaban J connectivity index is 3.09. The number of hydrogen-bond acceptors (Lipinski definition) is 2. The molecule has 16 heavy (non-hydrogen) atoms. The summed E-state index contributed by atoms with van der Waals surface area (Å²) in [7, 11) is 0. The van der Waals surface area contributed by atoms with Gasteiger partial charge in [-0.05, 0) is 36.6 Å². The predicted octanol–water partition coefficient (Wildman–Crippen LogP) is 3.39. The molecule has 0 aliphatic heterocycles. The zero-order chi connectivity index (χ0) is 12.3. The monoisotopic (exact) mass is 228 g/mol. The van der Waals surface area contributed by atoms with E-state index in [0.29, 0.717) is 11.1 Å². The van der Waals surface area contributed by atoms with E-state index in [1.165, 1.54) is 12.1 Å². The lowest BCUT2D eigenvalue weighted by Gasteiger charge is -2.12. The maximum absolute atomic E-state index is 12.0. The van der Waals surface area contributed by atoms with Crippen molar-refractivity contribution < 1.29 is 17.9 Å². The number of halogens is 3. The van der Waals surface area contributed by atoms with Gasteiger partial charge in [0.25, 0.3) is 0 Å². The van der Waals surface area contributed by atoms with Crippen molar-refractivity contribution in [2.75, 3.05) is 0 Å². The minimum atomic E-state index is -4.73. The number of nitriles is 1. The summed E-state index contributed by atoms with van der Waals surface area (Å²) in [6, 6.07) is 5.47. The maximum Gasteiger partial charge on any atom is 0.573 e. The number of ether oxygens (including phenoxy) is 1. The van der Waals surface area contributed by atoms with Gasteiger partial charge in [-0.3, -0.25) is 0 Å². The molecule has 0 spiro atoms. The molecule has 0 aliphatic rings. The van der Waals surface area contributed by atoms with Crippen molar-refractivity contribution in [1.29, 1.82) is 5.26 Å². The lowest BCUT2D eigenvalue weighted by Crippen LogP contribution is -2.17. The maximum atomic E-state index is 12.0. The molecule has 85 valence electrons. The second-order valence-corrected chi connectivity index (χ2v) is 3.31. The van der Waals surface area contributed by atoms with Crippen LogP contribution in [-0.2, 0) is 0 Å². The number of benzene rings is 1. The van der Waals surface area contributed by atoms with Gasteiger partial charge >= 0.3 is 6.36 Å². The van der Waals surface area contributed by atoms with Crippen LogP contribution in [0.25, 0.3) is 0 Å². The first-order chi connectivity index (χ1) is 7.33. The fourth-order valence-corrected chi connectivity index (χ4v) is 1.25. The third kappa shape index (κ3) is 3.16. The number of rotatable bonds is 2. The highest BCUT2D eigenvalue weighted by atomic mass is 19.4. The number of hydrogen-bond donors (Lipinski definition) is 0. The molecule has 1 radical (unpaired) electrons. The Kier molecular flexibility index (Phi) is 3.43. The van der Waals surface area contributed by atoms with E-state index >= 15 is 0 Å². The molecule has 0 amide bonds. The van der Waals surface area contributed by atoms with E-state index in [4.69, 9.17) is 5.26 Å². The van der Waals surface area contributed by atoms with Crippen molar-refractivity contribution in [2.45, 2.75) is 19.2 Å². The van der Waals surface area contributed by atoms with Gasteiger partial charge in [0.2, 0.25) is 0 Å². The Morgan fingerprint density at radius 2 is 2.06 bits per heavy atom. The van der Waals surface area contributed by atoms with Crippen LogP contribution in [0.15, 0.2) is 18.2 Å². The van der Waals surface area contributed by atoms with Crippen LogP contribution >= 0.6 is 0 Å². The molecule has 5 heteroatoms. The minimum absolute atomic E-state index is 0.286. The smallest absolute Gasteiger partial charge is 0.406 e. The summed E-state index contributed by atoms with van der Waals surface area (Å²) >= 11 is 0. The molecular formula is C11H9F3NO. The predicted molar refractivity (Wildman–Crippen MR) is 51.6 cm³/mol. The van der Waals surface area contributed by atoms with Crippen molar-refractivity contribution >= 4 is 0 Å². The van der Waals surface area contributed by atoms with Crippen LogP contribution in [-0.4, -0.2) is 6.36 Å². The van der Waals surface area contributed by atoms with Gasteiger partial charge in [0.1, 0.15) is 5.75 Å². The van der Waals surface area contributed by atoms with Crippen LogP contribution in [0.5, 0.6) is 5.75 Å². The molecule has 0 aromatic heterocycles. The summed E-state index contributed by atoms with van der Waals surface area (Å²) < 4.78 is 39.6. The van der Waals surface area contributed by atoms with Crippen molar-refractivity contribution in [3.63, 3.8) is 0 Å². The van der Waals surface area contributed by atoms with Crippen molar-refractivity contribution in [3.8, 4) is 11.8 Å².